The fraction of sp³-hybridized carbons (Fsp3) is 0.286. The number of hydrogen-bond donors (Lipinski definition) is 1. The molecule has 7 nitrogen and oxygen atoms in total. The van der Waals surface area contributed by atoms with Gasteiger partial charge in [-0.15, -0.1) is 0 Å². The summed E-state index contributed by atoms with van der Waals surface area (Å²) in [7, 11) is -4.06. The number of hydrogen-bond acceptors (Lipinski definition) is 4. The highest BCUT2D eigenvalue weighted by Gasteiger charge is 2.33. The maximum Gasteiger partial charge on any atom is 0.264 e. The van der Waals surface area contributed by atoms with E-state index >= 15 is 0 Å². The van der Waals surface area contributed by atoms with Gasteiger partial charge in [0.2, 0.25) is 11.8 Å². The molecule has 0 saturated carbocycles. The molecule has 190 valence electrons. The monoisotopic (exact) mass is 507 g/mol. The number of benzene rings is 3. The zero-order valence-electron chi connectivity index (χ0n) is 21.1. The van der Waals surface area contributed by atoms with Gasteiger partial charge in [-0.3, -0.25) is 13.9 Å². The fourth-order valence-corrected chi connectivity index (χ4v) is 5.45. The smallest absolute Gasteiger partial charge is 0.264 e. The average Bonchev–Trinajstić information content (AvgIpc) is 2.87. The fourth-order valence-electron chi connectivity index (χ4n) is 3.95. The lowest BCUT2D eigenvalue weighted by atomic mass is 10.1. The first-order valence-corrected chi connectivity index (χ1v) is 13.4. The number of nitrogens with one attached hydrogen (secondary N) is 1. The van der Waals surface area contributed by atoms with Crippen LogP contribution in [0.3, 0.4) is 0 Å². The molecule has 0 aromatic heterocycles. The molecule has 36 heavy (non-hydrogen) atoms. The van der Waals surface area contributed by atoms with Gasteiger partial charge < -0.3 is 10.2 Å². The number of likely N-dealkylation sites (N-methyl/N-ethyl adjacent to an activating group) is 1. The first-order chi connectivity index (χ1) is 17.2. The van der Waals surface area contributed by atoms with Crippen molar-refractivity contribution in [1.29, 1.82) is 0 Å². The van der Waals surface area contributed by atoms with Gasteiger partial charge in [-0.25, -0.2) is 8.42 Å². The maximum atomic E-state index is 13.8. The van der Waals surface area contributed by atoms with E-state index in [0.29, 0.717) is 17.8 Å². The molecule has 0 bridgehead atoms. The molecule has 0 saturated heterocycles. The van der Waals surface area contributed by atoms with Crippen LogP contribution >= 0.6 is 0 Å². The van der Waals surface area contributed by atoms with E-state index in [1.807, 2.05) is 44.2 Å². The molecule has 0 spiro atoms. The third kappa shape index (κ3) is 6.12. The molecule has 8 heteroatoms. The highest BCUT2D eigenvalue weighted by atomic mass is 32.2. The molecule has 3 aromatic rings. The number of aryl methyl sites for hydroxylation is 2. The van der Waals surface area contributed by atoms with E-state index in [9.17, 15) is 18.0 Å². The normalized spacial score (nSPS) is 12.0. The summed E-state index contributed by atoms with van der Waals surface area (Å²) in [5.74, 6) is -0.771. The SMILES string of the molecule is CCNC(=O)[C@H](C)N(Cc1ccccc1C)C(=O)CN(c1ccccc1C)S(=O)(=O)c1ccccc1. The number of carbonyl (C=O) groups is 2. The van der Waals surface area contributed by atoms with E-state index in [1.165, 1.54) is 17.0 Å². The summed E-state index contributed by atoms with van der Waals surface area (Å²) in [5, 5.41) is 2.77. The van der Waals surface area contributed by atoms with Gasteiger partial charge in [-0.05, 0) is 62.6 Å². The molecule has 3 rings (SSSR count). The lowest BCUT2D eigenvalue weighted by molar-refractivity contribution is -0.139. The van der Waals surface area contributed by atoms with Gasteiger partial charge in [0.05, 0.1) is 10.6 Å². The number of para-hydroxylation sites is 1. The van der Waals surface area contributed by atoms with Crippen molar-refractivity contribution >= 4 is 27.5 Å². The first kappa shape index (κ1) is 26.9. The summed E-state index contributed by atoms with van der Waals surface area (Å²) in [6.07, 6.45) is 0. The Morgan fingerprint density at radius 2 is 1.44 bits per heavy atom. The summed E-state index contributed by atoms with van der Waals surface area (Å²) in [6, 6.07) is 21.9. The van der Waals surface area contributed by atoms with E-state index in [2.05, 4.69) is 5.32 Å². The van der Waals surface area contributed by atoms with E-state index in [1.54, 1.807) is 50.2 Å². The van der Waals surface area contributed by atoms with Crippen molar-refractivity contribution in [3.05, 3.63) is 95.6 Å². The lowest BCUT2D eigenvalue weighted by Gasteiger charge is -2.32. The number of rotatable bonds is 10. The van der Waals surface area contributed by atoms with Crippen LogP contribution in [0.15, 0.2) is 83.8 Å². The Hall–Kier alpha value is -3.65. The number of anilines is 1. The summed E-state index contributed by atoms with van der Waals surface area (Å²) in [6.45, 7) is 7.36. The third-order valence-corrected chi connectivity index (χ3v) is 7.89. The van der Waals surface area contributed by atoms with Crippen molar-refractivity contribution in [1.82, 2.24) is 10.2 Å². The Kier molecular flexibility index (Phi) is 8.88. The predicted molar refractivity (Wildman–Crippen MR) is 142 cm³/mol. The topological polar surface area (TPSA) is 86.8 Å². The molecular weight excluding hydrogens is 474 g/mol. The highest BCUT2D eigenvalue weighted by Crippen LogP contribution is 2.27. The molecule has 0 unspecified atom stereocenters. The summed E-state index contributed by atoms with van der Waals surface area (Å²) < 4.78 is 28.6. The van der Waals surface area contributed by atoms with Crippen molar-refractivity contribution in [2.24, 2.45) is 0 Å². The minimum absolute atomic E-state index is 0.0864. The predicted octanol–water partition coefficient (Wildman–Crippen LogP) is 4.05. The minimum atomic E-state index is -4.06. The van der Waals surface area contributed by atoms with E-state index < -0.39 is 28.5 Å². The van der Waals surface area contributed by atoms with Gasteiger partial charge in [-0.2, -0.15) is 0 Å². The molecule has 1 N–H and O–H groups in total. The van der Waals surface area contributed by atoms with Crippen LogP contribution in [-0.2, 0) is 26.2 Å². The van der Waals surface area contributed by atoms with Crippen LogP contribution < -0.4 is 9.62 Å². The summed E-state index contributed by atoms with van der Waals surface area (Å²) >= 11 is 0. The zero-order chi connectivity index (χ0) is 26.3. The van der Waals surface area contributed by atoms with Crippen LogP contribution in [0.4, 0.5) is 5.69 Å². The Labute approximate surface area is 213 Å². The Bertz CT molecular complexity index is 1310. The van der Waals surface area contributed by atoms with Crippen LogP contribution in [0.25, 0.3) is 0 Å². The number of amides is 2. The number of nitrogens with zero attached hydrogens (tertiary/aromatic N) is 2. The van der Waals surface area contributed by atoms with E-state index in [0.717, 1.165) is 15.4 Å². The van der Waals surface area contributed by atoms with Crippen molar-refractivity contribution in [2.45, 2.75) is 45.2 Å². The van der Waals surface area contributed by atoms with Crippen LogP contribution in [-0.4, -0.2) is 44.3 Å². The standard InChI is InChI=1S/C28H33N3O4S/c1-5-29-28(33)23(4)30(19-24-15-11-9-13-21(24)2)27(32)20-31(26-18-12-10-14-22(26)3)36(34,35)25-16-7-6-8-17-25/h6-18,23H,5,19-20H2,1-4H3,(H,29,33)/t23-/m0/s1. The van der Waals surface area contributed by atoms with Gasteiger partial charge in [-0.1, -0.05) is 60.7 Å². The zero-order valence-corrected chi connectivity index (χ0v) is 22.0. The highest BCUT2D eigenvalue weighted by molar-refractivity contribution is 7.92. The molecule has 0 heterocycles. The second kappa shape index (κ2) is 11.9. The molecule has 0 aliphatic carbocycles. The van der Waals surface area contributed by atoms with Crippen molar-refractivity contribution in [3.63, 3.8) is 0 Å². The van der Waals surface area contributed by atoms with Gasteiger partial charge in [0.1, 0.15) is 12.6 Å². The van der Waals surface area contributed by atoms with Crippen LogP contribution in [0.2, 0.25) is 0 Å². The van der Waals surface area contributed by atoms with Crippen LogP contribution in [0, 0.1) is 13.8 Å². The van der Waals surface area contributed by atoms with E-state index in [4.69, 9.17) is 0 Å². The van der Waals surface area contributed by atoms with Crippen molar-refractivity contribution < 1.29 is 18.0 Å². The first-order valence-electron chi connectivity index (χ1n) is 11.9. The molecule has 0 aliphatic rings. The average molecular weight is 508 g/mol. The molecule has 2 amide bonds. The van der Waals surface area contributed by atoms with Crippen molar-refractivity contribution in [2.75, 3.05) is 17.4 Å². The van der Waals surface area contributed by atoms with E-state index in [-0.39, 0.29) is 17.3 Å². The van der Waals surface area contributed by atoms with Crippen LogP contribution in [0.5, 0.6) is 0 Å². The second-order valence-corrected chi connectivity index (χ2v) is 10.5. The quantitative estimate of drug-likeness (QED) is 0.449. The largest absolute Gasteiger partial charge is 0.355 e. The molecule has 3 aromatic carbocycles. The summed E-state index contributed by atoms with van der Waals surface area (Å²) in [5.41, 5.74) is 2.99. The Balaban J connectivity index is 2.04. The lowest BCUT2D eigenvalue weighted by Crippen LogP contribution is -2.51. The van der Waals surface area contributed by atoms with Gasteiger partial charge in [0, 0.05) is 13.1 Å². The van der Waals surface area contributed by atoms with Gasteiger partial charge in [0.15, 0.2) is 0 Å². The Morgan fingerprint density at radius 1 is 0.861 bits per heavy atom. The molecular formula is C28H33N3O4S. The van der Waals surface area contributed by atoms with Crippen molar-refractivity contribution in [3.8, 4) is 0 Å². The summed E-state index contributed by atoms with van der Waals surface area (Å²) in [4.78, 5) is 28.1. The minimum Gasteiger partial charge on any atom is -0.355 e. The van der Waals surface area contributed by atoms with Gasteiger partial charge >= 0.3 is 0 Å². The van der Waals surface area contributed by atoms with Crippen LogP contribution in [0.1, 0.15) is 30.5 Å². The molecule has 1 atom stereocenters. The molecule has 0 aliphatic heterocycles. The Morgan fingerprint density at radius 3 is 2.06 bits per heavy atom. The maximum absolute atomic E-state index is 13.8. The number of carbonyl (C=O) groups excluding carboxylic acids is 2. The third-order valence-electron chi connectivity index (χ3n) is 6.11. The molecule has 0 radical (unpaired) electrons. The number of sulfonamides is 1. The molecule has 0 fully saturated rings. The van der Waals surface area contributed by atoms with Gasteiger partial charge in [0.25, 0.3) is 10.0 Å². The second-order valence-electron chi connectivity index (χ2n) is 8.63.